The molecule has 0 fully saturated rings. The van der Waals surface area contributed by atoms with Crippen LogP contribution in [0.25, 0.3) is 0 Å². The first-order valence-corrected chi connectivity index (χ1v) is 5.86. The van der Waals surface area contributed by atoms with Crippen molar-refractivity contribution in [2.45, 2.75) is 67.1 Å². The highest BCUT2D eigenvalue weighted by Gasteiger charge is 2.36. The summed E-state index contributed by atoms with van der Waals surface area (Å²) >= 11 is 0. The second-order valence-electron chi connectivity index (χ2n) is 7.81. The van der Waals surface area contributed by atoms with Gasteiger partial charge in [0.1, 0.15) is 7.85 Å². The molecular formula is C13H29B. The molecule has 0 heterocycles. The molecule has 0 aliphatic rings. The van der Waals surface area contributed by atoms with Gasteiger partial charge in [0.25, 0.3) is 0 Å². The van der Waals surface area contributed by atoms with Gasteiger partial charge >= 0.3 is 0 Å². The van der Waals surface area contributed by atoms with Crippen molar-refractivity contribution in [2.24, 2.45) is 16.7 Å². The third-order valence-corrected chi connectivity index (χ3v) is 3.46. The van der Waals surface area contributed by atoms with Crippen molar-refractivity contribution < 1.29 is 0 Å². The summed E-state index contributed by atoms with van der Waals surface area (Å²) in [5, 5.41) is 0.434. The molecule has 1 atom stereocenters. The summed E-state index contributed by atoms with van der Waals surface area (Å²) in [5.41, 5.74) is 0.839. The smallest absolute Gasteiger partial charge is 0.0672 e. The van der Waals surface area contributed by atoms with Gasteiger partial charge in [-0.05, 0) is 23.2 Å². The molecule has 0 N–H and O–H groups in total. The molecule has 84 valence electrons. The van der Waals surface area contributed by atoms with Crippen LogP contribution < -0.4 is 0 Å². The normalized spacial score (nSPS) is 16.9. The van der Waals surface area contributed by atoms with Crippen molar-refractivity contribution in [3.63, 3.8) is 0 Å². The van der Waals surface area contributed by atoms with Gasteiger partial charge < -0.3 is 0 Å². The van der Waals surface area contributed by atoms with Crippen LogP contribution in [0.1, 0.15) is 61.8 Å². The van der Waals surface area contributed by atoms with Crippen LogP contribution in [0.2, 0.25) is 5.31 Å². The fourth-order valence-electron chi connectivity index (χ4n) is 2.69. The molecule has 0 radical (unpaired) electrons. The van der Waals surface area contributed by atoms with Crippen LogP contribution in [0, 0.1) is 16.7 Å². The van der Waals surface area contributed by atoms with Crippen LogP contribution >= 0.6 is 0 Å². The molecule has 0 nitrogen and oxygen atoms in total. The largest absolute Gasteiger partial charge is 0.108 e. The Hall–Kier alpha value is 0.0649. The van der Waals surface area contributed by atoms with E-state index in [0.717, 1.165) is 5.92 Å². The molecule has 0 aromatic rings. The fourth-order valence-corrected chi connectivity index (χ4v) is 2.69. The molecule has 0 aromatic carbocycles. The Morgan fingerprint density at radius 2 is 1.29 bits per heavy atom. The van der Waals surface area contributed by atoms with E-state index in [2.05, 4.69) is 63.2 Å². The molecule has 0 bridgehead atoms. The van der Waals surface area contributed by atoms with Crippen LogP contribution in [-0.2, 0) is 0 Å². The quantitative estimate of drug-likeness (QED) is 0.600. The van der Waals surface area contributed by atoms with Crippen molar-refractivity contribution >= 4 is 7.85 Å². The molecule has 0 spiro atoms. The molecule has 0 saturated carbocycles. The summed E-state index contributed by atoms with van der Waals surface area (Å²) < 4.78 is 0. The van der Waals surface area contributed by atoms with E-state index in [0.29, 0.717) is 16.1 Å². The third kappa shape index (κ3) is 4.53. The van der Waals surface area contributed by atoms with Crippen molar-refractivity contribution in [1.29, 1.82) is 0 Å². The van der Waals surface area contributed by atoms with Crippen LogP contribution in [0.15, 0.2) is 0 Å². The number of rotatable bonds is 3. The summed E-state index contributed by atoms with van der Waals surface area (Å²) in [4.78, 5) is 0. The van der Waals surface area contributed by atoms with E-state index in [-0.39, 0.29) is 0 Å². The van der Waals surface area contributed by atoms with Crippen molar-refractivity contribution in [3.05, 3.63) is 0 Å². The van der Waals surface area contributed by atoms with Crippen molar-refractivity contribution in [2.75, 3.05) is 0 Å². The molecule has 0 amide bonds. The van der Waals surface area contributed by atoms with Gasteiger partial charge in [0.2, 0.25) is 0 Å². The number of hydrogen-bond donors (Lipinski definition) is 0. The molecule has 0 aliphatic heterocycles. The first kappa shape index (κ1) is 14.1. The second-order valence-corrected chi connectivity index (χ2v) is 7.81. The topological polar surface area (TPSA) is 0 Å². The zero-order chi connectivity index (χ0) is 11.8. The van der Waals surface area contributed by atoms with E-state index in [9.17, 15) is 0 Å². The number of hydrogen-bond acceptors (Lipinski definition) is 0. The van der Waals surface area contributed by atoms with E-state index in [1.54, 1.807) is 0 Å². The van der Waals surface area contributed by atoms with E-state index in [1.807, 2.05) is 0 Å². The Kier molecular flexibility index (Phi) is 3.92. The monoisotopic (exact) mass is 196 g/mol. The average Bonchev–Trinajstić information content (AvgIpc) is 1.78. The van der Waals surface area contributed by atoms with Gasteiger partial charge in [0.15, 0.2) is 0 Å². The van der Waals surface area contributed by atoms with Crippen LogP contribution in [0.3, 0.4) is 0 Å². The molecule has 0 saturated heterocycles. The van der Waals surface area contributed by atoms with Gasteiger partial charge in [-0.25, -0.2) is 0 Å². The highest BCUT2D eigenvalue weighted by molar-refractivity contribution is 6.14. The molecule has 0 aliphatic carbocycles. The van der Waals surface area contributed by atoms with Gasteiger partial charge in [-0.3, -0.25) is 0 Å². The average molecular weight is 196 g/mol. The summed E-state index contributed by atoms with van der Waals surface area (Å²) in [6.07, 6.45) is 1.29. The minimum absolute atomic E-state index is 0.411. The lowest BCUT2D eigenvalue weighted by molar-refractivity contribution is 0.0853. The summed E-state index contributed by atoms with van der Waals surface area (Å²) in [6, 6.07) is 0. The summed E-state index contributed by atoms with van der Waals surface area (Å²) in [6.45, 7) is 18.9. The lowest BCUT2D eigenvalue weighted by Crippen LogP contribution is -2.34. The highest BCUT2D eigenvalue weighted by atomic mass is 14.4. The highest BCUT2D eigenvalue weighted by Crippen LogP contribution is 2.47. The molecular weight excluding hydrogens is 167 g/mol. The maximum atomic E-state index is 2.41. The lowest BCUT2D eigenvalue weighted by atomic mass is 9.57. The molecule has 14 heavy (non-hydrogen) atoms. The molecule has 0 rings (SSSR count). The fraction of sp³-hybridized carbons (Fsp3) is 1.00. The Labute approximate surface area is 92.3 Å². The molecule has 0 aromatic heterocycles. The van der Waals surface area contributed by atoms with Gasteiger partial charge in [0.05, 0.1) is 0 Å². The van der Waals surface area contributed by atoms with Crippen LogP contribution in [-0.4, -0.2) is 7.85 Å². The molecule has 1 unspecified atom stereocenters. The zero-order valence-corrected chi connectivity index (χ0v) is 11.8. The Balaban J connectivity index is 4.63. The standard InChI is InChI=1S/C13H29B/c1-10(11(2,3)4)12(5,6)9-13(7,8)14/h10H,9,14H2,1-8H3. The maximum absolute atomic E-state index is 2.41. The van der Waals surface area contributed by atoms with Crippen LogP contribution in [0.4, 0.5) is 0 Å². The Bertz CT molecular complexity index is 178. The van der Waals surface area contributed by atoms with E-state index >= 15 is 0 Å². The predicted molar refractivity (Wildman–Crippen MR) is 69.6 cm³/mol. The minimum Gasteiger partial charge on any atom is -0.0672 e. The first-order chi connectivity index (χ1) is 5.86. The first-order valence-electron chi connectivity index (χ1n) is 5.86. The predicted octanol–water partition coefficient (Wildman–Crippen LogP) is 3.92. The lowest BCUT2D eigenvalue weighted by Gasteiger charge is -2.44. The van der Waals surface area contributed by atoms with E-state index < -0.39 is 0 Å². The van der Waals surface area contributed by atoms with E-state index in [4.69, 9.17) is 0 Å². The van der Waals surface area contributed by atoms with E-state index in [1.165, 1.54) is 6.42 Å². The maximum Gasteiger partial charge on any atom is 0.108 e. The van der Waals surface area contributed by atoms with Crippen molar-refractivity contribution in [3.8, 4) is 0 Å². The van der Waals surface area contributed by atoms with Crippen LogP contribution in [0.5, 0.6) is 0 Å². The minimum atomic E-state index is 0.411. The van der Waals surface area contributed by atoms with Gasteiger partial charge in [-0.2, -0.15) is 0 Å². The Morgan fingerprint density at radius 1 is 0.929 bits per heavy atom. The summed E-state index contributed by atoms with van der Waals surface area (Å²) in [5.74, 6) is 0.745. The van der Waals surface area contributed by atoms with Gasteiger partial charge in [0, 0.05) is 0 Å². The summed E-state index contributed by atoms with van der Waals surface area (Å²) in [7, 11) is 2.34. The molecule has 1 heteroatoms. The Morgan fingerprint density at radius 3 is 1.50 bits per heavy atom. The van der Waals surface area contributed by atoms with Gasteiger partial charge in [-0.15, -0.1) is 0 Å². The third-order valence-electron chi connectivity index (χ3n) is 3.46. The van der Waals surface area contributed by atoms with Gasteiger partial charge in [-0.1, -0.05) is 60.7 Å². The van der Waals surface area contributed by atoms with Crippen molar-refractivity contribution in [1.82, 2.24) is 0 Å². The SMILES string of the molecule is BC(C)(C)CC(C)(C)C(C)C(C)(C)C. The second kappa shape index (κ2) is 3.91. The zero-order valence-electron chi connectivity index (χ0n) is 11.8.